The number of aryl methyl sites for hydroxylation is 2. The molecule has 0 saturated carbocycles. The van der Waals surface area contributed by atoms with Crippen molar-refractivity contribution in [2.24, 2.45) is 0 Å². The average molecular weight is 433 g/mol. The zero-order valence-corrected chi connectivity index (χ0v) is 18.5. The van der Waals surface area contributed by atoms with Gasteiger partial charge in [-0.25, -0.2) is 4.98 Å². The molecule has 2 aromatic carbocycles. The minimum atomic E-state index is -0.341. The lowest BCUT2D eigenvalue weighted by molar-refractivity contribution is 0.102. The zero-order chi connectivity index (χ0) is 22.8. The van der Waals surface area contributed by atoms with Crippen LogP contribution in [0.5, 0.6) is 17.2 Å². The highest BCUT2D eigenvalue weighted by Crippen LogP contribution is 2.40. The fourth-order valence-electron chi connectivity index (χ4n) is 3.50. The van der Waals surface area contributed by atoms with E-state index < -0.39 is 0 Å². The summed E-state index contributed by atoms with van der Waals surface area (Å²) in [6.07, 6.45) is 0. The van der Waals surface area contributed by atoms with Crippen LogP contribution in [0.2, 0.25) is 0 Å². The summed E-state index contributed by atoms with van der Waals surface area (Å²) in [6.45, 7) is 3.78. The number of hydrogen-bond donors (Lipinski definition) is 1. The Bertz CT molecular complexity index is 1270. The largest absolute Gasteiger partial charge is 0.493 e. The number of methoxy groups -OCH3 is 3. The third-order valence-corrected chi connectivity index (χ3v) is 5.13. The second-order valence-corrected chi connectivity index (χ2v) is 7.24. The summed E-state index contributed by atoms with van der Waals surface area (Å²) in [4.78, 5) is 17.9. The van der Waals surface area contributed by atoms with E-state index in [-0.39, 0.29) is 5.91 Å². The topological polar surface area (TPSA) is 95.7 Å². The first-order chi connectivity index (χ1) is 15.4. The summed E-state index contributed by atoms with van der Waals surface area (Å²) in [6, 6.07) is 13.0. The first-order valence-electron chi connectivity index (χ1n) is 9.90. The number of anilines is 1. The van der Waals surface area contributed by atoms with Crippen LogP contribution in [0.1, 0.15) is 21.6 Å². The second-order valence-electron chi connectivity index (χ2n) is 7.24. The van der Waals surface area contributed by atoms with E-state index in [0.717, 1.165) is 11.1 Å². The van der Waals surface area contributed by atoms with Crippen LogP contribution in [0.15, 0.2) is 47.0 Å². The maximum absolute atomic E-state index is 13.3. The van der Waals surface area contributed by atoms with Crippen LogP contribution in [-0.4, -0.2) is 37.4 Å². The number of nitrogens with zero attached hydrogens (tertiary/aromatic N) is 2. The molecule has 2 heterocycles. The van der Waals surface area contributed by atoms with Crippen LogP contribution >= 0.6 is 0 Å². The minimum absolute atomic E-state index is 0.301. The number of pyridine rings is 1. The quantitative estimate of drug-likeness (QED) is 0.467. The van der Waals surface area contributed by atoms with Crippen LogP contribution in [0.25, 0.3) is 22.4 Å². The molecule has 0 aliphatic rings. The van der Waals surface area contributed by atoms with E-state index in [0.29, 0.717) is 51.0 Å². The van der Waals surface area contributed by atoms with E-state index in [2.05, 4.69) is 15.5 Å². The summed E-state index contributed by atoms with van der Waals surface area (Å²) >= 11 is 0. The third kappa shape index (κ3) is 3.82. The summed E-state index contributed by atoms with van der Waals surface area (Å²) in [5.41, 5.74) is 4.38. The Kier molecular flexibility index (Phi) is 5.68. The number of ether oxygens (including phenoxy) is 3. The molecule has 0 aliphatic carbocycles. The molecule has 8 nitrogen and oxygen atoms in total. The Balaban J connectivity index is 1.78. The molecule has 8 heteroatoms. The van der Waals surface area contributed by atoms with Crippen molar-refractivity contribution < 1.29 is 23.5 Å². The van der Waals surface area contributed by atoms with E-state index >= 15 is 0 Å². The van der Waals surface area contributed by atoms with Crippen LogP contribution in [0, 0.1) is 13.8 Å². The Morgan fingerprint density at radius 2 is 1.59 bits per heavy atom. The smallest absolute Gasteiger partial charge is 0.259 e. The number of aromatic nitrogens is 2. The van der Waals surface area contributed by atoms with Gasteiger partial charge in [0.25, 0.3) is 11.6 Å². The van der Waals surface area contributed by atoms with Crippen LogP contribution in [-0.2, 0) is 0 Å². The Hall–Kier alpha value is -4.07. The number of rotatable bonds is 6. The van der Waals surface area contributed by atoms with Gasteiger partial charge in [-0.1, -0.05) is 35.0 Å². The predicted octanol–water partition coefficient (Wildman–Crippen LogP) is 4.78. The van der Waals surface area contributed by atoms with Gasteiger partial charge in [0.1, 0.15) is 0 Å². The van der Waals surface area contributed by atoms with Crippen molar-refractivity contribution in [1.29, 1.82) is 0 Å². The number of amides is 1. The molecule has 164 valence electrons. The van der Waals surface area contributed by atoms with Crippen molar-refractivity contribution in [3.8, 4) is 28.5 Å². The second kappa shape index (κ2) is 8.58. The summed E-state index contributed by atoms with van der Waals surface area (Å²) < 4.78 is 21.5. The highest BCUT2D eigenvalue weighted by atomic mass is 16.5. The van der Waals surface area contributed by atoms with Gasteiger partial charge in [0.05, 0.1) is 43.7 Å². The molecular weight excluding hydrogens is 410 g/mol. The van der Waals surface area contributed by atoms with Gasteiger partial charge in [0, 0.05) is 23.4 Å². The molecule has 0 aliphatic heterocycles. The zero-order valence-electron chi connectivity index (χ0n) is 18.5. The molecule has 2 aromatic heterocycles. The summed E-state index contributed by atoms with van der Waals surface area (Å²) in [5.74, 6) is 0.967. The Labute approximate surface area is 185 Å². The number of carbonyl (C=O) groups excluding carboxylic acids is 1. The number of hydrogen-bond acceptors (Lipinski definition) is 7. The van der Waals surface area contributed by atoms with Gasteiger partial charge in [-0.15, -0.1) is 0 Å². The monoisotopic (exact) mass is 433 g/mol. The van der Waals surface area contributed by atoms with Gasteiger partial charge in [0.15, 0.2) is 11.5 Å². The highest BCUT2D eigenvalue weighted by Gasteiger charge is 2.21. The molecule has 32 heavy (non-hydrogen) atoms. The summed E-state index contributed by atoms with van der Waals surface area (Å²) in [7, 11) is 4.56. The fraction of sp³-hybridized carbons (Fsp3) is 0.208. The molecule has 0 bridgehead atoms. The lowest BCUT2D eigenvalue weighted by Crippen LogP contribution is -2.13. The molecule has 0 atom stereocenters. The number of carbonyl (C=O) groups is 1. The van der Waals surface area contributed by atoms with Crippen molar-refractivity contribution in [3.63, 3.8) is 0 Å². The molecule has 0 fully saturated rings. The molecule has 1 N–H and O–H groups in total. The van der Waals surface area contributed by atoms with Gasteiger partial charge in [-0.2, -0.15) is 0 Å². The number of nitrogens with one attached hydrogen (secondary N) is 1. The third-order valence-electron chi connectivity index (χ3n) is 5.13. The number of fused-ring (bicyclic) bond motifs is 1. The van der Waals surface area contributed by atoms with Crippen molar-refractivity contribution in [3.05, 3.63) is 59.3 Å². The van der Waals surface area contributed by atoms with Crippen molar-refractivity contribution in [1.82, 2.24) is 10.1 Å². The number of benzene rings is 2. The molecule has 0 saturated heterocycles. The van der Waals surface area contributed by atoms with E-state index in [9.17, 15) is 4.79 Å². The summed E-state index contributed by atoms with van der Waals surface area (Å²) in [5, 5.41) is 7.46. The van der Waals surface area contributed by atoms with Crippen molar-refractivity contribution in [2.75, 3.05) is 26.6 Å². The maximum Gasteiger partial charge on any atom is 0.259 e. The van der Waals surface area contributed by atoms with E-state index in [1.807, 2.05) is 31.2 Å². The lowest BCUT2D eigenvalue weighted by atomic mass is 10.0. The normalized spacial score (nSPS) is 10.8. The van der Waals surface area contributed by atoms with Gasteiger partial charge in [0.2, 0.25) is 5.75 Å². The molecule has 0 radical (unpaired) electrons. The van der Waals surface area contributed by atoms with Crippen molar-refractivity contribution in [2.45, 2.75) is 13.8 Å². The van der Waals surface area contributed by atoms with Gasteiger partial charge >= 0.3 is 0 Å². The average Bonchev–Trinajstić information content (AvgIpc) is 3.18. The lowest BCUT2D eigenvalue weighted by Gasteiger charge is -2.15. The predicted molar refractivity (Wildman–Crippen MR) is 121 cm³/mol. The molecule has 4 rings (SSSR count). The highest BCUT2D eigenvalue weighted by molar-refractivity contribution is 6.13. The fourth-order valence-corrected chi connectivity index (χ4v) is 3.50. The Morgan fingerprint density at radius 3 is 2.19 bits per heavy atom. The molecule has 0 unspecified atom stereocenters. The maximum atomic E-state index is 13.3. The van der Waals surface area contributed by atoms with Gasteiger partial charge < -0.3 is 24.1 Å². The molecule has 0 spiro atoms. The standard InChI is InChI=1S/C24H23N3O5/c1-13-6-8-15(9-7-13)18-12-17(21-14(2)27-32-24(21)26-18)23(28)25-16-10-19(29-3)22(31-5)20(11-16)30-4/h6-12H,1-5H3,(H,25,28). The molecule has 1 amide bonds. The van der Waals surface area contributed by atoms with Crippen molar-refractivity contribution >= 4 is 22.7 Å². The molecular formula is C24H23N3O5. The van der Waals surface area contributed by atoms with E-state index in [1.165, 1.54) is 21.3 Å². The van der Waals surface area contributed by atoms with E-state index in [4.69, 9.17) is 18.7 Å². The van der Waals surface area contributed by atoms with Gasteiger partial charge in [-0.3, -0.25) is 4.79 Å². The molecule has 4 aromatic rings. The minimum Gasteiger partial charge on any atom is -0.493 e. The first-order valence-corrected chi connectivity index (χ1v) is 9.90. The SMILES string of the molecule is COc1cc(NC(=O)c2cc(-c3ccc(C)cc3)nc3onc(C)c23)cc(OC)c1OC. The van der Waals surface area contributed by atoms with Crippen LogP contribution < -0.4 is 19.5 Å². The van der Waals surface area contributed by atoms with Crippen LogP contribution in [0.3, 0.4) is 0 Å². The van der Waals surface area contributed by atoms with E-state index in [1.54, 1.807) is 25.1 Å². The first kappa shape index (κ1) is 21.2. The van der Waals surface area contributed by atoms with Crippen LogP contribution in [0.4, 0.5) is 5.69 Å². The Morgan fingerprint density at radius 1 is 0.938 bits per heavy atom. The van der Waals surface area contributed by atoms with Gasteiger partial charge in [-0.05, 0) is 19.9 Å².